The van der Waals surface area contributed by atoms with Crippen molar-refractivity contribution >= 4 is 27.7 Å². The molecule has 5 nitrogen and oxygen atoms in total. The number of carboxylic acids is 1. The first-order valence-electron chi connectivity index (χ1n) is 3.71. The SMILES string of the molecule is C=C(Br)CNc1ncncc1C(=O)O. The summed E-state index contributed by atoms with van der Waals surface area (Å²) >= 11 is 3.15. The molecule has 0 amide bonds. The van der Waals surface area contributed by atoms with Crippen molar-refractivity contribution in [3.05, 3.63) is 29.1 Å². The fourth-order valence-electron chi connectivity index (χ4n) is 0.807. The third-order valence-electron chi connectivity index (χ3n) is 1.39. The van der Waals surface area contributed by atoms with Crippen LogP contribution in [0.4, 0.5) is 5.82 Å². The van der Waals surface area contributed by atoms with E-state index < -0.39 is 5.97 Å². The van der Waals surface area contributed by atoms with Gasteiger partial charge < -0.3 is 10.4 Å². The molecule has 0 spiro atoms. The van der Waals surface area contributed by atoms with Crippen LogP contribution in [0.1, 0.15) is 10.4 Å². The van der Waals surface area contributed by atoms with Crippen LogP contribution in [0.15, 0.2) is 23.6 Å². The van der Waals surface area contributed by atoms with Crippen LogP contribution in [0.5, 0.6) is 0 Å². The number of nitrogens with one attached hydrogen (secondary N) is 1. The number of nitrogens with zero attached hydrogens (tertiary/aromatic N) is 2. The summed E-state index contributed by atoms with van der Waals surface area (Å²) < 4.78 is 0.715. The van der Waals surface area contributed by atoms with Gasteiger partial charge in [-0.1, -0.05) is 22.5 Å². The maximum Gasteiger partial charge on any atom is 0.341 e. The Morgan fingerprint density at radius 2 is 2.43 bits per heavy atom. The lowest BCUT2D eigenvalue weighted by molar-refractivity contribution is 0.0697. The Labute approximate surface area is 89.0 Å². The van der Waals surface area contributed by atoms with Crippen LogP contribution in [0.3, 0.4) is 0 Å². The number of carboxylic acid groups (broad SMARTS) is 1. The maximum absolute atomic E-state index is 10.7. The molecule has 0 aromatic carbocycles. The van der Waals surface area contributed by atoms with Gasteiger partial charge in [0, 0.05) is 17.2 Å². The van der Waals surface area contributed by atoms with Gasteiger partial charge in [0.15, 0.2) is 0 Å². The lowest BCUT2D eigenvalue weighted by atomic mass is 10.3. The Morgan fingerprint density at radius 1 is 1.71 bits per heavy atom. The van der Waals surface area contributed by atoms with Gasteiger partial charge in [-0.25, -0.2) is 14.8 Å². The van der Waals surface area contributed by atoms with Gasteiger partial charge in [-0.2, -0.15) is 0 Å². The van der Waals surface area contributed by atoms with E-state index in [0.717, 1.165) is 0 Å². The molecule has 0 aliphatic heterocycles. The van der Waals surface area contributed by atoms with Crippen LogP contribution >= 0.6 is 15.9 Å². The zero-order valence-corrected chi connectivity index (χ0v) is 8.78. The lowest BCUT2D eigenvalue weighted by Gasteiger charge is -2.05. The average Bonchev–Trinajstić information content (AvgIpc) is 2.15. The molecule has 0 radical (unpaired) electrons. The van der Waals surface area contributed by atoms with Gasteiger partial charge >= 0.3 is 5.97 Å². The number of hydrogen-bond donors (Lipinski definition) is 2. The van der Waals surface area contributed by atoms with Gasteiger partial charge in [0.05, 0.1) is 0 Å². The number of aromatic nitrogens is 2. The second kappa shape index (κ2) is 4.71. The smallest absolute Gasteiger partial charge is 0.341 e. The molecule has 0 aliphatic carbocycles. The fraction of sp³-hybridized carbons (Fsp3) is 0.125. The minimum Gasteiger partial charge on any atom is -0.477 e. The number of halogens is 1. The Kier molecular flexibility index (Phi) is 3.58. The quantitative estimate of drug-likeness (QED) is 0.855. The summed E-state index contributed by atoms with van der Waals surface area (Å²) in [5.41, 5.74) is 0.0428. The number of anilines is 1. The molecule has 0 fully saturated rings. The molecule has 1 rings (SSSR count). The van der Waals surface area contributed by atoms with Crippen LogP contribution in [0, 0.1) is 0 Å². The number of rotatable bonds is 4. The molecule has 0 bridgehead atoms. The zero-order chi connectivity index (χ0) is 10.6. The zero-order valence-electron chi connectivity index (χ0n) is 7.20. The first-order valence-corrected chi connectivity index (χ1v) is 4.51. The maximum atomic E-state index is 10.7. The molecule has 0 unspecified atom stereocenters. The minimum absolute atomic E-state index is 0.0428. The van der Waals surface area contributed by atoms with E-state index in [4.69, 9.17) is 5.11 Å². The number of carbonyl (C=O) groups is 1. The summed E-state index contributed by atoms with van der Waals surface area (Å²) in [5.74, 6) is -0.776. The Bertz CT molecular complexity index is 367. The molecule has 1 aromatic heterocycles. The fourth-order valence-corrected chi connectivity index (χ4v) is 0.947. The molecule has 0 aliphatic rings. The van der Waals surface area contributed by atoms with E-state index in [1.807, 2.05) is 0 Å². The van der Waals surface area contributed by atoms with Crippen molar-refractivity contribution in [3.63, 3.8) is 0 Å². The largest absolute Gasteiger partial charge is 0.477 e. The monoisotopic (exact) mass is 257 g/mol. The second-order valence-electron chi connectivity index (χ2n) is 2.46. The van der Waals surface area contributed by atoms with Crippen LogP contribution in [0.25, 0.3) is 0 Å². The van der Waals surface area contributed by atoms with Crippen molar-refractivity contribution < 1.29 is 9.90 Å². The minimum atomic E-state index is -1.06. The molecule has 14 heavy (non-hydrogen) atoms. The summed E-state index contributed by atoms with van der Waals surface area (Å²) in [7, 11) is 0. The number of aromatic carboxylic acids is 1. The van der Waals surface area contributed by atoms with Gasteiger partial charge in [0.2, 0.25) is 0 Å². The van der Waals surface area contributed by atoms with Gasteiger partial charge in [-0.15, -0.1) is 0 Å². The van der Waals surface area contributed by atoms with E-state index in [1.165, 1.54) is 12.5 Å². The van der Waals surface area contributed by atoms with Crippen molar-refractivity contribution in [2.75, 3.05) is 11.9 Å². The first-order chi connectivity index (χ1) is 6.61. The van der Waals surface area contributed by atoms with E-state index in [0.29, 0.717) is 11.0 Å². The van der Waals surface area contributed by atoms with Gasteiger partial charge in [0.1, 0.15) is 17.7 Å². The Hall–Kier alpha value is -1.43. The molecule has 2 N–H and O–H groups in total. The first kappa shape index (κ1) is 10.6. The lowest BCUT2D eigenvalue weighted by Crippen LogP contribution is -2.09. The molecule has 6 heteroatoms. The Morgan fingerprint density at radius 3 is 3.00 bits per heavy atom. The van der Waals surface area contributed by atoms with E-state index in [1.54, 1.807) is 0 Å². The standard InChI is InChI=1S/C8H8BrN3O2/c1-5(9)2-11-7-6(8(13)14)3-10-4-12-7/h3-4H,1-2H2,(H,13,14)(H,10,11,12). The van der Waals surface area contributed by atoms with E-state index in [2.05, 4.69) is 37.8 Å². The second-order valence-corrected chi connectivity index (χ2v) is 3.58. The molecular weight excluding hydrogens is 250 g/mol. The van der Waals surface area contributed by atoms with Gasteiger partial charge in [-0.3, -0.25) is 0 Å². The van der Waals surface area contributed by atoms with Crippen LogP contribution in [-0.4, -0.2) is 27.6 Å². The van der Waals surface area contributed by atoms with Crippen molar-refractivity contribution in [2.45, 2.75) is 0 Å². The Balaban J connectivity index is 2.84. The van der Waals surface area contributed by atoms with Gasteiger partial charge in [-0.05, 0) is 0 Å². The third kappa shape index (κ3) is 2.81. The predicted molar refractivity (Wildman–Crippen MR) is 55.5 cm³/mol. The highest BCUT2D eigenvalue weighted by Crippen LogP contribution is 2.11. The van der Waals surface area contributed by atoms with Crippen molar-refractivity contribution in [2.24, 2.45) is 0 Å². The normalized spacial score (nSPS) is 9.50. The van der Waals surface area contributed by atoms with Gasteiger partial charge in [0.25, 0.3) is 0 Å². The molecule has 0 atom stereocenters. The van der Waals surface area contributed by atoms with Crippen LogP contribution in [0.2, 0.25) is 0 Å². The summed E-state index contributed by atoms with van der Waals surface area (Å²) in [5, 5.41) is 11.6. The van der Waals surface area contributed by atoms with E-state index in [-0.39, 0.29) is 11.4 Å². The topological polar surface area (TPSA) is 75.1 Å². The molecule has 74 valence electrons. The third-order valence-corrected chi connectivity index (χ3v) is 1.67. The molecule has 0 saturated carbocycles. The van der Waals surface area contributed by atoms with E-state index >= 15 is 0 Å². The predicted octanol–water partition coefficient (Wildman–Crippen LogP) is 1.50. The highest BCUT2D eigenvalue weighted by atomic mass is 79.9. The summed E-state index contributed by atoms with van der Waals surface area (Å²) in [6.45, 7) is 4.02. The average molecular weight is 258 g/mol. The van der Waals surface area contributed by atoms with Crippen molar-refractivity contribution in [3.8, 4) is 0 Å². The van der Waals surface area contributed by atoms with E-state index in [9.17, 15) is 4.79 Å². The molecule has 1 heterocycles. The van der Waals surface area contributed by atoms with Crippen molar-refractivity contribution in [1.29, 1.82) is 0 Å². The highest BCUT2D eigenvalue weighted by Gasteiger charge is 2.10. The highest BCUT2D eigenvalue weighted by molar-refractivity contribution is 9.11. The summed E-state index contributed by atoms with van der Waals surface area (Å²) in [6.07, 6.45) is 2.53. The summed E-state index contributed by atoms with van der Waals surface area (Å²) in [6, 6.07) is 0. The molecule has 0 saturated heterocycles. The summed E-state index contributed by atoms with van der Waals surface area (Å²) in [4.78, 5) is 18.1. The van der Waals surface area contributed by atoms with Crippen LogP contribution in [-0.2, 0) is 0 Å². The van der Waals surface area contributed by atoms with Crippen molar-refractivity contribution in [1.82, 2.24) is 9.97 Å². The van der Waals surface area contributed by atoms with Crippen LogP contribution < -0.4 is 5.32 Å². The number of hydrogen-bond acceptors (Lipinski definition) is 4. The molecule has 1 aromatic rings. The molecular formula is C8H8BrN3O2.